The second-order valence-corrected chi connectivity index (χ2v) is 4.51. The fourth-order valence-corrected chi connectivity index (χ4v) is 2.23. The van der Waals surface area contributed by atoms with Crippen LogP contribution in [0.2, 0.25) is 5.02 Å². The zero-order chi connectivity index (χ0) is 10.6. The summed E-state index contributed by atoms with van der Waals surface area (Å²) >= 11 is 6.21. The Bertz CT molecular complexity index is 438. The lowest BCUT2D eigenvalue weighted by Gasteiger charge is -2.13. The summed E-state index contributed by atoms with van der Waals surface area (Å²) in [4.78, 5) is 0. The van der Waals surface area contributed by atoms with E-state index in [2.05, 4.69) is 0 Å². The van der Waals surface area contributed by atoms with Crippen LogP contribution in [-0.2, 0) is 5.60 Å². The van der Waals surface area contributed by atoms with Gasteiger partial charge in [-0.3, -0.25) is 0 Å². The molecule has 0 atom stereocenters. The van der Waals surface area contributed by atoms with Gasteiger partial charge < -0.3 is 14.6 Å². The predicted molar refractivity (Wildman–Crippen MR) is 55.4 cm³/mol. The van der Waals surface area contributed by atoms with Crippen LogP contribution in [0.4, 0.5) is 0 Å². The summed E-state index contributed by atoms with van der Waals surface area (Å²) in [5, 5.41) is 10.7. The molecule has 0 amide bonds. The molecule has 1 saturated carbocycles. The Morgan fingerprint density at radius 3 is 2.80 bits per heavy atom. The maximum atomic E-state index is 10.1. The molecule has 4 heteroatoms. The molecule has 3 rings (SSSR count). The molecule has 15 heavy (non-hydrogen) atoms. The van der Waals surface area contributed by atoms with Crippen LogP contribution < -0.4 is 9.47 Å². The largest absolute Gasteiger partial charge is 0.454 e. The quantitative estimate of drug-likeness (QED) is 0.799. The summed E-state index contributed by atoms with van der Waals surface area (Å²) in [7, 11) is 0. The first-order valence-electron chi connectivity index (χ1n) is 4.93. The Morgan fingerprint density at radius 1 is 1.40 bits per heavy atom. The van der Waals surface area contributed by atoms with Crippen molar-refractivity contribution in [3.05, 3.63) is 22.2 Å². The first kappa shape index (κ1) is 9.31. The highest BCUT2D eigenvalue weighted by atomic mass is 35.5. The summed E-state index contributed by atoms with van der Waals surface area (Å²) in [5.41, 5.74) is 0.885. The van der Waals surface area contributed by atoms with E-state index in [1.54, 1.807) is 6.07 Å². The average Bonchev–Trinajstić information content (AvgIpc) is 2.80. The number of fused-ring (bicyclic) bond motifs is 1. The lowest BCUT2D eigenvalue weighted by Crippen LogP contribution is -2.06. The van der Waals surface area contributed by atoms with Gasteiger partial charge in [-0.2, -0.15) is 0 Å². The number of hydrogen-bond acceptors (Lipinski definition) is 3. The molecule has 1 N–H and O–H groups in total. The van der Waals surface area contributed by atoms with E-state index in [4.69, 9.17) is 21.1 Å². The molecule has 3 nitrogen and oxygen atoms in total. The standard InChI is InChI=1S/C11H11ClO3/c1-6-9(12)7(11(13)2-3-11)4-8-10(6)15-5-14-8/h4,13H,2-3,5H2,1H3. The SMILES string of the molecule is Cc1c(Cl)c(C2(O)CC2)cc2c1OCO2. The monoisotopic (exact) mass is 226 g/mol. The fraction of sp³-hybridized carbons (Fsp3) is 0.455. The first-order chi connectivity index (χ1) is 7.12. The normalized spacial score (nSPS) is 20.5. The molecular formula is C11H11ClO3. The van der Waals surface area contributed by atoms with Crippen LogP contribution in [-0.4, -0.2) is 11.9 Å². The van der Waals surface area contributed by atoms with Gasteiger partial charge in [-0.15, -0.1) is 0 Å². The van der Waals surface area contributed by atoms with Gasteiger partial charge in [-0.1, -0.05) is 11.6 Å². The maximum Gasteiger partial charge on any atom is 0.231 e. The molecule has 1 aliphatic heterocycles. The first-order valence-corrected chi connectivity index (χ1v) is 5.31. The number of aliphatic hydroxyl groups is 1. The minimum absolute atomic E-state index is 0.231. The third kappa shape index (κ3) is 1.23. The molecule has 0 saturated heterocycles. The van der Waals surface area contributed by atoms with Crippen molar-refractivity contribution in [1.29, 1.82) is 0 Å². The van der Waals surface area contributed by atoms with Crippen molar-refractivity contribution in [3.63, 3.8) is 0 Å². The van der Waals surface area contributed by atoms with Gasteiger partial charge in [-0.25, -0.2) is 0 Å². The molecule has 1 aromatic carbocycles. The minimum Gasteiger partial charge on any atom is -0.454 e. The molecule has 0 unspecified atom stereocenters. The Kier molecular flexibility index (Phi) is 1.74. The summed E-state index contributed by atoms with van der Waals surface area (Å²) in [5.74, 6) is 1.39. The van der Waals surface area contributed by atoms with Crippen LogP contribution in [0.5, 0.6) is 11.5 Å². The van der Waals surface area contributed by atoms with Crippen molar-refractivity contribution in [2.45, 2.75) is 25.4 Å². The summed E-state index contributed by atoms with van der Waals surface area (Å²) in [6, 6.07) is 1.80. The molecule has 0 spiro atoms. The molecule has 1 fully saturated rings. The van der Waals surface area contributed by atoms with E-state index >= 15 is 0 Å². The van der Waals surface area contributed by atoms with E-state index in [1.165, 1.54) is 0 Å². The van der Waals surface area contributed by atoms with Crippen LogP contribution in [0.1, 0.15) is 24.0 Å². The van der Waals surface area contributed by atoms with Gasteiger partial charge >= 0.3 is 0 Å². The summed E-state index contributed by atoms with van der Waals surface area (Å²) in [6.45, 7) is 2.11. The Morgan fingerprint density at radius 2 is 2.13 bits per heavy atom. The third-order valence-electron chi connectivity index (χ3n) is 3.05. The predicted octanol–water partition coefficient (Wildman–Crippen LogP) is 2.36. The molecule has 80 valence electrons. The van der Waals surface area contributed by atoms with Gasteiger partial charge in [0.05, 0.1) is 10.6 Å². The van der Waals surface area contributed by atoms with Crippen LogP contribution in [0.25, 0.3) is 0 Å². The van der Waals surface area contributed by atoms with E-state index in [-0.39, 0.29) is 6.79 Å². The second-order valence-electron chi connectivity index (χ2n) is 4.13. The average molecular weight is 227 g/mol. The molecule has 0 aromatic heterocycles. The highest BCUT2D eigenvalue weighted by molar-refractivity contribution is 6.32. The lowest BCUT2D eigenvalue weighted by atomic mass is 10.0. The van der Waals surface area contributed by atoms with Gasteiger partial charge in [0.25, 0.3) is 0 Å². The van der Waals surface area contributed by atoms with Gasteiger partial charge in [0.1, 0.15) is 0 Å². The van der Waals surface area contributed by atoms with Crippen molar-refractivity contribution >= 4 is 11.6 Å². The number of hydrogen-bond donors (Lipinski definition) is 1. The third-order valence-corrected chi connectivity index (χ3v) is 3.54. The number of ether oxygens (including phenoxy) is 2. The van der Waals surface area contributed by atoms with Gasteiger partial charge in [0, 0.05) is 11.1 Å². The molecule has 1 aromatic rings. The Hall–Kier alpha value is -0.930. The highest BCUT2D eigenvalue weighted by Gasteiger charge is 2.45. The van der Waals surface area contributed by atoms with E-state index in [0.29, 0.717) is 16.5 Å². The maximum absolute atomic E-state index is 10.1. The molecule has 1 heterocycles. The number of halogens is 1. The van der Waals surface area contributed by atoms with Crippen molar-refractivity contribution in [2.24, 2.45) is 0 Å². The van der Waals surface area contributed by atoms with Crippen molar-refractivity contribution in [2.75, 3.05) is 6.79 Å². The van der Waals surface area contributed by atoms with Crippen LogP contribution >= 0.6 is 11.6 Å². The second kappa shape index (κ2) is 2.80. The summed E-state index contributed by atoms with van der Waals surface area (Å²) < 4.78 is 10.6. The Labute approximate surface area is 92.6 Å². The van der Waals surface area contributed by atoms with Crippen molar-refractivity contribution in [3.8, 4) is 11.5 Å². The lowest BCUT2D eigenvalue weighted by molar-refractivity contribution is 0.150. The zero-order valence-electron chi connectivity index (χ0n) is 8.34. The van der Waals surface area contributed by atoms with Gasteiger partial charge in [0.2, 0.25) is 6.79 Å². The van der Waals surface area contributed by atoms with Gasteiger partial charge in [0.15, 0.2) is 11.5 Å². The van der Waals surface area contributed by atoms with Gasteiger partial charge in [-0.05, 0) is 25.8 Å². The molecule has 0 bridgehead atoms. The molecule has 2 aliphatic rings. The zero-order valence-corrected chi connectivity index (χ0v) is 9.10. The van der Waals surface area contributed by atoms with E-state index in [0.717, 1.165) is 24.0 Å². The van der Waals surface area contributed by atoms with Crippen molar-refractivity contribution in [1.82, 2.24) is 0 Å². The smallest absolute Gasteiger partial charge is 0.231 e. The van der Waals surface area contributed by atoms with E-state index in [9.17, 15) is 5.11 Å². The number of benzene rings is 1. The fourth-order valence-electron chi connectivity index (χ4n) is 1.91. The van der Waals surface area contributed by atoms with Crippen LogP contribution in [0.3, 0.4) is 0 Å². The topological polar surface area (TPSA) is 38.7 Å². The highest BCUT2D eigenvalue weighted by Crippen LogP contribution is 2.52. The van der Waals surface area contributed by atoms with E-state index < -0.39 is 5.60 Å². The molecule has 0 radical (unpaired) electrons. The minimum atomic E-state index is -0.733. The summed E-state index contributed by atoms with van der Waals surface area (Å²) in [6.07, 6.45) is 1.54. The molecule has 1 aliphatic carbocycles. The van der Waals surface area contributed by atoms with Crippen LogP contribution in [0.15, 0.2) is 6.07 Å². The van der Waals surface area contributed by atoms with Crippen molar-refractivity contribution < 1.29 is 14.6 Å². The van der Waals surface area contributed by atoms with Crippen LogP contribution in [0, 0.1) is 6.92 Å². The molecular weight excluding hydrogens is 216 g/mol. The van der Waals surface area contributed by atoms with E-state index in [1.807, 2.05) is 6.92 Å². The Balaban J connectivity index is 2.20. The number of rotatable bonds is 1.